The first kappa shape index (κ1) is 12.7. The zero-order valence-electron chi connectivity index (χ0n) is 9.99. The number of unbranched alkanes of at least 4 members (excludes halogenated alkanes) is 4. The predicted octanol–water partition coefficient (Wildman–Crippen LogP) is 4.48. The van der Waals surface area contributed by atoms with Crippen LogP contribution in [0, 0.1) is 0 Å². The minimum atomic E-state index is 0.736. The van der Waals surface area contributed by atoms with Crippen molar-refractivity contribution in [3.63, 3.8) is 0 Å². The fraction of sp³-hybridized carbons (Fsp3) is 0.400. The van der Waals surface area contributed by atoms with Gasteiger partial charge in [-0.25, -0.2) is 0 Å². The SMILES string of the molecule is CCCCCC/C=C/c1ccc(C=O)cc1. The van der Waals surface area contributed by atoms with Crippen molar-refractivity contribution in [3.05, 3.63) is 41.5 Å². The maximum atomic E-state index is 10.5. The molecule has 0 unspecified atom stereocenters. The van der Waals surface area contributed by atoms with Gasteiger partial charge in [0.2, 0.25) is 0 Å². The van der Waals surface area contributed by atoms with Gasteiger partial charge in [-0.05, 0) is 18.4 Å². The van der Waals surface area contributed by atoms with Gasteiger partial charge >= 0.3 is 0 Å². The Morgan fingerprint density at radius 3 is 2.31 bits per heavy atom. The molecule has 0 amide bonds. The molecule has 0 fully saturated rings. The van der Waals surface area contributed by atoms with Gasteiger partial charge in [0.05, 0.1) is 0 Å². The minimum Gasteiger partial charge on any atom is -0.298 e. The smallest absolute Gasteiger partial charge is 0.150 e. The molecule has 0 heterocycles. The van der Waals surface area contributed by atoms with E-state index in [2.05, 4.69) is 19.1 Å². The fourth-order valence-electron chi connectivity index (χ4n) is 1.59. The summed E-state index contributed by atoms with van der Waals surface area (Å²) in [4.78, 5) is 10.5. The van der Waals surface area contributed by atoms with E-state index in [0.29, 0.717) is 0 Å². The molecule has 1 aromatic rings. The molecule has 0 atom stereocenters. The first-order valence-corrected chi connectivity index (χ1v) is 6.08. The summed E-state index contributed by atoms with van der Waals surface area (Å²) in [6.45, 7) is 2.23. The molecule has 1 heteroatoms. The van der Waals surface area contributed by atoms with Crippen LogP contribution in [0.4, 0.5) is 0 Å². The lowest BCUT2D eigenvalue weighted by molar-refractivity contribution is 0.112. The van der Waals surface area contributed by atoms with E-state index in [1.807, 2.05) is 24.3 Å². The maximum Gasteiger partial charge on any atom is 0.150 e. The average molecular weight is 216 g/mol. The zero-order valence-corrected chi connectivity index (χ0v) is 9.99. The maximum absolute atomic E-state index is 10.5. The summed E-state index contributed by atoms with van der Waals surface area (Å²) < 4.78 is 0. The number of rotatable bonds is 7. The Labute approximate surface area is 98.2 Å². The second kappa shape index (κ2) is 7.86. The van der Waals surface area contributed by atoms with Crippen molar-refractivity contribution in [3.8, 4) is 0 Å². The highest BCUT2D eigenvalue weighted by molar-refractivity contribution is 5.75. The second-order valence-electron chi connectivity index (χ2n) is 4.04. The number of hydrogen-bond donors (Lipinski definition) is 0. The fourth-order valence-corrected chi connectivity index (χ4v) is 1.59. The van der Waals surface area contributed by atoms with Crippen LogP contribution in [0.5, 0.6) is 0 Å². The molecule has 0 aliphatic rings. The molecular formula is C15H20O. The van der Waals surface area contributed by atoms with Gasteiger partial charge < -0.3 is 0 Å². The molecule has 0 bridgehead atoms. The van der Waals surface area contributed by atoms with Crippen LogP contribution in [0.1, 0.15) is 54.9 Å². The van der Waals surface area contributed by atoms with Crippen LogP contribution in [-0.4, -0.2) is 6.29 Å². The monoisotopic (exact) mass is 216 g/mol. The van der Waals surface area contributed by atoms with Crippen molar-refractivity contribution in [2.75, 3.05) is 0 Å². The van der Waals surface area contributed by atoms with Gasteiger partial charge in [-0.2, -0.15) is 0 Å². The topological polar surface area (TPSA) is 17.1 Å². The highest BCUT2D eigenvalue weighted by atomic mass is 16.1. The number of aldehydes is 1. The van der Waals surface area contributed by atoms with Crippen LogP contribution in [0.3, 0.4) is 0 Å². The quantitative estimate of drug-likeness (QED) is 0.485. The summed E-state index contributed by atoms with van der Waals surface area (Å²) in [5.41, 5.74) is 1.90. The number of hydrogen-bond acceptors (Lipinski definition) is 1. The molecule has 0 N–H and O–H groups in total. The van der Waals surface area contributed by atoms with Gasteiger partial charge in [-0.15, -0.1) is 0 Å². The third-order valence-corrected chi connectivity index (χ3v) is 2.61. The number of carbonyl (C=O) groups excluding carboxylic acids is 1. The van der Waals surface area contributed by atoms with Crippen LogP contribution in [0.25, 0.3) is 6.08 Å². The van der Waals surface area contributed by atoms with Crippen molar-refractivity contribution in [1.82, 2.24) is 0 Å². The second-order valence-corrected chi connectivity index (χ2v) is 4.04. The van der Waals surface area contributed by atoms with E-state index in [9.17, 15) is 4.79 Å². The van der Waals surface area contributed by atoms with Crippen LogP contribution in [-0.2, 0) is 0 Å². The van der Waals surface area contributed by atoms with E-state index in [1.165, 1.54) is 31.2 Å². The number of carbonyl (C=O) groups is 1. The summed E-state index contributed by atoms with van der Waals surface area (Å²) >= 11 is 0. The lowest BCUT2D eigenvalue weighted by Gasteiger charge is -1.95. The first-order valence-electron chi connectivity index (χ1n) is 6.08. The van der Waals surface area contributed by atoms with Crippen LogP contribution in [0.15, 0.2) is 30.3 Å². The molecule has 0 radical (unpaired) electrons. The molecule has 0 aliphatic carbocycles. The van der Waals surface area contributed by atoms with E-state index >= 15 is 0 Å². The molecule has 0 aromatic heterocycles. The van der Waals surface area contributed by atoms with E-state index in [0.717, 1.165) is 18.3 Å². The van der Waals surface area contributed by atoms with Gasteiger partial charge in [0.15, 0.2) is 0 Å². The van der Waals surface area contributed by atoms with Crippen molar-refractivity contribution in [2.45, 2.75) is 39.0 Å². The summed E-state index contributed by atoms with van der Waals surface area (Å²) in [5.74, 6) is 0. The Hall–Kier alpha value is -1.37. The van der Waals surface area contributed by atoms with Crippen molar-refractivity contribution < 1.29 is 4.79 Å². The molecule has 0 saturated carbocycles. The van der Waals surface area contributed by atoms with Gasteiger partial charge in [-0.1, -0.05) is 62.6 Å². The molecule has 16 heavy (non-hydrogen) atoms. The van der Waals surface area contributed by atoms with Gasteiger partial charge in [0.25, 0.3) is 0 Å². The Morgan fingerprint density at radius 2 is 1.69 bits per heavy atom. The summed E-state index contributed by atoms with van der Waals surface area (Å²) in [6, 6.07) is 7.66. The van der Waals surface area contributed by atoms with Crippen molar-refractivity contribution in [1.29, 1.82) is 0 Å². The van der Waals surface area contributed by atoms with E-state index in [4.69, 9.17) is 0 Å². The van der Waals surface area contributed by atoms with Crippen LogP contribution in [0.2, 0.25) is 0 Å². The van der Waals surface area contributed by atoms with Crippen molar-refractivity contribution >= 4 is 12.4 Å². The van der Waals surface area contributed by atoms with Gasteiger partial charge in [-0.3, -0.25) is 4.79 Å². The lowest BCUT2D eigenvalue weighted by Crippen LogP contribution is -1.79. The Morgan fingerprint density at radius 1 is 1.00 bits per heavy atom. The highest BCUT2D eigenvalue weighted by Gasteiger charge is 1.89. The summed E-state index contributed by atoms with van der Waals surface area (Å²) in [5, 5.41) is 0. The largest absolute Gasteiger partial charge is 0.298 e. The van der Waals surface area contributed by atoms with Crippen LogP contribution >= 0.6 is 0 Å². The predicted molar refractivity (Wildman–Crippen MR) is 69.6 cm³/mol. The third kappa shape index (κ3) is 4.92. The Kier molecular flexibility index (Phi) is 6.24. The van der Waals surface area contributed by atoms with Crippen molar-refractivity contribution in [2.24, 2.45) is 0 Å². The molecule has 86 valence electrons. The van der Waals surface area contributed by atoms with Gasteiger partial charge in [0.1, 0.15) is 6.29 Å². The van der Waals surface area contributed by atoms with E-state index < -0.39 is 0 Å². The molecule has 1 aromatic carbocycles. The van der Waals surface area contributed by atoms with E-state index in [1.54, 1.807) is 0 Å². The summed E-state index contributed by atoms with van der Waals surface area (Å²) in [7, 11) is 0. The molecule has 0 spiro atoms. The number of allylic oxidation sites excluding steroid dienone is 1. The lowest BCUT2D eigenvalue weighted by atomic mass is 10.1. The van der Waals surface area contributed by atoms with Gasteiger partial charge in [0, 0.05) is 5.56 Å². The third-order valence-electron chi connectivity index (χ3n) is 2.61. The molecule has 0 aliphatic heterocycles. The number of benzene rings is 1. The Bertz CT molecular complexity index is 322. The normalized spacial score (nSPS) is 10.8. The Balaban J connectivity index is 2.29. The molecule has 1 nitrogen and oxygen atoms in total. The molecular weight excluding hydrogens is 196 g/mol. The minimum absolute atomic E-state index is 0.736. The highest BCUT2D eigenvalue weighted by Crippen LogP contribution is 2.07. The first-order chi connectivity index (χ1) is 7.86. The molecule has 0 saturated heterocycles. The summed E-state index contributed by atoms with van der Waals surface area (Å²) in [6.07, 6.45) is 11.6. The van der Waals surface area contributed by atoms with Crippen LogP contribution < -0.4 is 0 Å². The van der Waals surface area contributed by atoms with E-state index in [-0.39, 0.29) is 0 Å². The standard InChI is InChI=1S/C15H20O/c1-2-3-4-5-6-7-8-14-9-11-15(13-16)12-10-14/h7-13H,2-6H2,1H3/b8-7+. The average Bonchev–Trinajstić information content (AvgIpc) is 2.34. The molecule has 1 rings (SSSR count). The zero-order chi connectivity index (χ0) is 11.6.